The number of H-pyrrole nitrogens is 1. The molecule has 1 N–H and O–H groups in total. The number of ether oxygens (including phenoxy) is 1. The summed E-state index contributed by atoms with van der Waals surface area (Å²) in [5.41, 5.74) is 3.89. The molecule has 5 rings (SSSR count). The van der Waals surface area contributed by atoms with Crippen molar-refractivity contribution >= 4 is 29.1 Å². The molecule has 0 radical (unpaired) electrons. The number of fused-ring (bicyclic) bond motifs is 1. The normalized spacial score (nSPS) is 21.0. The van der Waals surface area contributed by atoms with Crippen molar-refractivity contribution in [1.29, 1.82) is 0 Å². The number of rotatable bonds is 4. The first-order valence-electron chi connectivity index (χ1n) is 9.64. The fraction of sp³-hybridized carbons (Fsp3) is 0.273. The molecule has 3 heterocycles. The molecule has 2 atom stereocenters. The molecule has 7 heteroatoms. The SMILES string of the molecule is O=C1c2[nH]nc(-c3ccc(Cl)cc3)c2C(c2ccccc2Cl)N1CC1CCCO1. The Morgan fingerprint density at radius 2 is 1.93 bits per heavy atom. The Hall–Kier alpha value is -2.34. The number of nitrogens with zero attached hydrogens (tertiary/aromatic N) is 2. The molecule has 0 bridgehead atoms. The van der Waals surface area contributed by atoms with Crippen molar-refractivity contribution in [3.63, 3.8) is 0 Å². The number of nitrogens with one attached hydrogen (secondary N) is 1. The van der Waals surface area contributed by atoms with Crippen molar-refractivity contribution in [2.75, 3.05) is 13.2 Å². The second-order valence-corrected chi connectivity index (χ2v) is 8.23. The molecule has 1 saturated heterocycles. The van der Waals surface area contributed by atoms with Crippen LogP contribution >= 0.6 is 23.2 Å². The number of carbonyl (C=O) groups is 1. The molecule has 0 aliphatic carbocycles. The number of carbonyl (C=O) groups excluding carboxylic acids is 1. The number of benzene rings is 2. The van der Waals surface area contributed by atoms with Crippen LogP contribution in [-0.2, 0) is 4.74 Å². The van der Waals surface area contributed by atoms with E-state index in [0.717, 1.165) is 41.8 Å². The average molecular weight is 428 g/mol. The molecule has 2 aromatic carbocycles. The lowest BCUT2D eigenvalue weighted by molar-refractivity contribution is 0.0495. The minimum Gasteiger partial charge on any atom is -0.376 e. The Morgan fingerprint density at radius 3 is 2.66 bits per heavy atom. The van der Waals surface area contributed by atoms with Gasteiger partial charge in [0.2, 0.25) is 0 Å². The molecule has 1 amide bonds. The molecular weight excluding hydrogens is 409 g/mol. The van der Waals surface area contributed by atoms with Crippen molar-refractivity contribution in [3.8, 4) is 11.3 Å². The average Bonchev–Trinajstić information content (AvgIpc) is 3.44. The van der Waals surface area contributed by atoms with Crippen LogP contribution < -0.4 is 0 Å². The van der Waals surface area contributed by atoms with Gasteiger partial charge in [-0.15, -0.1) is 0 Å². The lowest BCUT2D eigenvalue weighted by Crippen LogP contribution is -2.36. The summed E-state index contributed by atoms with van der Waals surface area (Å²) >= 11 is 12.6. The van der Waals surface area contributed by atoms with Crippen LogP contribution in [0, 0.1) is 0 Å². The van der Waals surface area contributed by atoms with Crippen LogP contribution in [0.3, 0.4) is 0 Å². The number of hydrogen-bond donors (Lipinski definition) is 1. The van der Waals surface area contributed by atoms with Crippen molar-refractivity contribution in [2.45, 2.75) is 25.0 Å². The van der Waals surface area contributed by atoms with Gasteiger partial charge in [0.25, 0.3) is 5.91 Å². The zero-order chi connectivity index (χ0) is 20.0. The largest absolute Gasteiger partial charge is 0.376 e. The van der Waals surface area contributed by atoms with E-state index in [1.807, 2.05) is 53.4 Å². The number of aromatic amines is 1. The van der Waals surface area contributed by atoms with Crippen molar-refractivity contribution in [2.24, 2.45) is 0 Å². The van der Waals surface area contributed by atoms with Gasteiger partial charge in [0.1, 0.15) is 5.69 Å². The maximum atomic E-state index is 13.3. The van der Waals surface area contributed by atoms with Gasteiger partial charge >= 0.3 is 0 Å². The van der Waals surface area contributed by atoms with E-state index in [2.05, 4.69) is 10.2 Å². The van der Waals surface area contributed by atoms with Crippen LogP contribution in [-0.4, -0.2) is 40.3 Å². The summed E-state index contributed by atoms with van der Waals surface area (Å²) in [6, 6.07) is 14.8. The molecule has 0 saturated carbocycles. The minimum absolute atomic E-state index is 0.0416. The highest BCUT2D eigenvalue weighted by Gasteiger charge is 2.44. The highest BCUT2D eigenvalue weighted by atomic mass is 35.5. The fourth-order valence-electron chi connectivity index (χ4n) is 4.24. The van der Waals surface area contributed by atoms with Gasteiger partial charge < -0.3 is 9.64 Å². The molecule has 148 valence electrons. The maximum absolute atomic E-state index is 13.3. The lowest BCUT2D eigenvalue weighted by Gasteiger charge is -2.29. The van der Waals surface area contributed by atoms with Gasteiger partial charge in [0, 0.05) is 34.3 Å². The number of aromatic nitrogens is 2. The summed E-state index contributed by atoms with van der Waals surface area (Å²) in [7, 11) is 0. The molecule has 5 nitrogen and oxygen atoms in total. The molecule has 2 aliphatic rings. The van der Waals surface area contributed by atoms with E-state index in [0.29, 0.717) is 22.3 Å². The van der Waals surface area contributed by atoms with Gasteiger partial charge in [-0.3, -0.25) is 9.89 Å². The first kappa shape index (κ1) is 18.7. The Kier molecular flexibility index (Phi) is 4.82. The smallest absolute Gasteiger partial charge is 0.273 e. The van der Waals surface area contributed by atoms with Gasteiger partial charge in [0.15, 0.2) is 0 Å². The zero-order valence-corrected chi connectivity index (χ0v) is 17.1. The van der Waals surface area contributed by atoms with Crippen LogP contribution in [0.15, 0.2) is 48.5 Å². The number of halogens is 2. The van der Waals surface area contributed by atoms with Gasteiger partial charge in [-0.1, -0.05) is 53.5 Å². The highest BCUT2D eigenvalue weighted by Crippen LogP contribution is 2.45. The topological polar surface area (TPSA) is 58.2 Å². The molecule has 0 spiro atoms. The van der Waals surface area contributed by atoms with E-state index in [4.69, 9.17) is 27.9 Å². The summed E-state index contributed by atoms with van der Waals surface area (Å²) in [4.78, 5) is 15.2. The van der Waals surface area contributed by atoms with Crippen LogP contribution in [0.1, 0.15) is 40.5 Å². The second-order valence-electron chi connectivity index (χ2n) is 7.38. The van der Waals surface area contributed by atoms with E-state index in [1.54, 1.807) is 0 Å². The second kappa shape index (κ2) is 7.48. The van der Waals surface area contributed by atoms with Gasteiger partial charge in [-0.05, 0) is 36.6 Å². The minimum atomic E-state index is -0.320. The van der Waals surface area contributed by atoms with Crippen molar-refractivity contribution < 1.29 is 9.53 Å². The lowest BCUT2D eigenvalue weighted by atomic mass is 9.96. The third-order valence-electron chi connectivity index (χ3n) is 5.61. The van der Waals surface area contributed by atoms with Gasteiger partial charge in [-0.2, -0.15) is 5.10 Å². The summed E-state index contributed by atoms with van der Waals surface area (Å²) in [6.07, 6.45) is 2.02. The van der Waals surface area contributed by atoms with Crippen LogP contribution in [0.5, 0.6) is 0 Å². The Morgan fingerprint density at radius 1 is 1.14 bits per heavy atom. The van der Waals surface area contributed by atoms with Gasteiger partial charge in [-0.25, -0.2) is 0 Å². The summed E-state index contributed by atoms with van der Waals surface area (Å²) < 4.78 is 5.81. The Balaban J connectivity index is 1.64. The standard InChI is InChI=1S/C22H19Cl2N3O2/c23-14-9-7-13(8-10-14)19-18-20(26-25-19)22(28)27(12-15-4-3-11-29-15)21(18)16-5-1-2-6-17(16)24/h1-2,5-10,15,21H,3-4,11-12H2,(H,25,26). The van der Waals surface area contributed by atoms with E-state index >= 15 is 0 Å². The van der Waals surface area contributed by atoms with Crippen LogP contribution in [0.25, 0.3) is 11.3 Å². The molecular formula is C22H19Cl2N3O2. The van der Waals surface area contributed by atoms with E-state index < -0.39 is 0 Å². The molecule has 2 unspecified atom stereocenters. The molecule has 2 aliphatic heterocycles. The molecule has 3 aromatic rings. The number of hydrogen-bond acceptors (Lipinski definition) is 3. The highest BCUT2D eigenvalue weighted by molar-refractivity contribution is 6.31. The summed E-state index contributed by atoms with van der Waals surface area (Å²) in [5, 5.41) is 8.71. The maximum Gasteiger partial charge on any atom is 0.273 e. The quantitative estimate of drug-likeness (QED) is 0.629. The van der Waals surface area contributed by atoms with Crippen molar-refractivity contribution in [1.82, 2.24) is 15.1 Å². The van der Waals surface area contributed by atoms with Gasteiger partial charge in [0.05, 0.1) is 17.8 Å². The van der Waals surface area contributed by atoms with Crippen LogP contribution in [0.4, 0.5) is 0 Å². The first-order chi connectivity index (χ1) is 14.1. The van der Waals surface area contributed by atoms with E-state index in [9.17, 15) is 4.79 Å². The predicted molar refractivity (Wildman–Crippen MR) is 112 cm³/mol. The number of amides is 1. The Labute approximate surface area is 178 Å². The fourth-order valence-corrected chi connectivity index (χ4v) is 4.61. The monoisotopic (exact) mass is 427 g/mol. The zero-order valence-electron chi connectivity index (χ0n) is 15.6. The molecule has 1 fully saturated rings. The van der Waals surface area contributed by atoms with E-state index in [1.165, 1.54) is 0 Å². The van der Waals surface area contributed by atoms with E-state index in [-0.39, 0.29) is 18.1 Å². The Bertz CT molecular complexity index is 1060. The summed E-state index contributed by atoms with van der Waals surface area (Å²) in [6.45, 7) is 1.27. The van der Waals surface area contributed by atoms with Crippen LogP contribution in [0.2, 0.25) is 10.0 Å². The molecule has 29 heavy (non-hydrogen) atoms. The predicted octanol–water partition coefficient (Wildman–Crippen LogP) is 5.11. The third-order valence-corrected chi connectivity index (χ3v) is 6.20. The molecule has 1 aromatic heterocycles. The van der Waals surface area contributed by atoms with Crippen molar-refractivity contribution in [3.05, 3.63) is 75.4 Å². The third kappa shape index (κ3) is 3.23. The first-order valence-corrected chi connectivity index (χ1v) is 10.4. The summed E-state index contributed by atoms with van der Waals surface area (Å²) in [5.74, 6) is -0.0758.